The molecule has 3 aromatic carbocycles. The number of hydrogen-bond acceptors (Lipinski definition) is 4. The van der Waals surface area contributed by atoms with E-state index in [1.54, 1.807) is 24.3 Å². The summed E-state index contributed by atoms with van der Waals surface area (Å²) in [7, 11) is 0. The van der Waals surface area contributed by atoms with Gasteiger partial charge >= 0.3 is 5.97 Å². The molecule has 0 saturated carbocycles. The number of hydrogen-bond donors (Lipinski definition) is 1. The van der Waals surface area contributed by atoms with Gasteiger partial charge in [0.25, 0.3) is 0 Å². The van der Waals surface area contributed by atoms with E-state index in [0.717, 1.165) is 31.4 Å². The third-order valence-electron chi connectivity index (χ3n) is 8.02. The van der Waals surface area contributed by atoms with Crippen LogP contribution in [0.15, 0.2) is 90.2 Å². The molecule has 5 nitrogen and oxygen atoms in total. The average Bonchev–Trinajstić information content (AvgIpc) is 3.02. The van der Waals surface area contributed by atoms with Crippen LogP contribution in [0, 0.1) is 11.3 Å². The first-order chi connectivity index (χ1) is 20.6. The summed E-state index contributed by atoms with van der Waals surface area (Å²) in [5.41, 5.74) is 6.88. The second-order valence-electron chi connectivity index (χ2n) is 11.0. The molecule has 2 heterocycles. The van der Waals surface area contributed by atoms with Crippen LogP contribution in [0.5, 0.6) is 5.75 Å². The van der Waals surface area contributed by atoms with E-state index in [1.807, 2.05) is 24.3 Å². The monoisotopic (exact) mass is 558 g/mol. The zero-order valence-corrected chi connectivity index (χ0v) is 24.3. The van der Waals surface area contributed by atoms with E-state index in [0.29, 0.717) is 22.6 Å². The number of carbonyl (C=O) groups is 1. The highest BCUT2D eigenvalue weighted by Crippen LogP contribution is 2.37. The molecule has 0 fully saturated rings. The summed E-state index contributed by atoms with van der Waals surface area (Å²) in [5, 5.41) is 19.1. The van der Waals surface area contributed by atoms with E-state index in [-0.39, 0.29) is 5.57 Å². The first-order valence-corrected chi connectivity index (χ1v) is 15.1. The van der Waals surface area contributed by atoms with Crippen molar-refractivity contribution < 1.29 is 14.6 Å². The van der Waals surface area contributed by atoms with Crippen LogP contribution in [0.3, 0.4) is 0 Å². The van der Waals surface area contributed by atoms with Gasteiger partial charge in [0, 0.05) is 29.1 Å². The summed E-state index contributed by atoms with van der Waals surface area (Å²) in [6.45, 7) is 3.26. The molecule has 0 radical (unpaired) electrons. The van der Waals surface area contributed by atoms with Crippen molar-refractivity contribution in [2.45, 2.75) is 64.7 Å². The van der Waals surface area contributed by atoms with Gasteiger partial charge in [0.1, 0.15) is 23.2 Å². The molecule has 2 aliphatic rings. The Balaban J connectivity index is 1.29. The Morgan fingerprint density at radius 1 is 1.00 bits per heavy atom. The first-order valence-electron chi connectivity index (χ1n) is 15.1. The number of carboxylic acid groups (broad SMARTS) is 1. The van der Waals surface area contributed by atoms with Gasteiger partial charge < -0.3 is 14.7 Å². The Hall–Kier alpha value is -4.56. The van der Waals surface area contributed by atoms with Crippen molar-refractivity contribution in [3.8, 4) is 11.8 Å². The minimum absolute atomic E-state index is 0.305. The Morgan fingerprint density at radius 3 is 2.57 bits per heavy atom. The Bertz CT molecular complexity index is 1560. The number of benzene rings is 3. The maximum atomic E-state index is 11.7. The Kier molecular flexibility index (Phi) is 9.56. The molecule has 0 aliphatic carbocycles. The van der Waals surface area contributed by atoms with Gasteiger partial charge in [0.05, 0.1) is 0 Å². The molecule has 42 heavy (non-hydrogen) atoms. The lowest BCUT2D eigenvalue weighted by Gasteiger charge is -2.31. The molecule has 0 bridgehead atoms. The van der Waals surface area contributed by atoms with Crippen molar-refractivity contribution in [3.05, 3.63) is 112 Å². The molecular weight excluding hydrogens is 520 g/mol. The molecule has 1 N–H and O–H groups in total. The zero-order valence-electron chi connectivity index (χ0n) is 24.3. The van der Waals surface area contributed by atoms with E-state index in [1.165, 1.54) is 61.0 Å². The van der Waals surface area contributed by atoms with Crippen LogP contribution in [-0.2, 0) is 17.6 Å². The number of fused-ring (bicyclic) bond motifs is 2. The highest BCUT2D eigenvalue weighted by atomic mass is 16.5. The van der Waals surface area contributed by atoms with Crippen LogP contribution in [0.25, 0.3) is 11.6 Å². The molecule has 0 aromatic heterocycles. The molecule has 0 atom stereocenters. The number of aliphatic carboxylic acids is 1. The third kappa shape index (κ3) is 6.83. The number of nitriles is 1. The van der Waals surface area contributed by atoms with Gasteiger partial charge in [-0.25, -0.2) is 4.79 Å². The third-order valence-corrected chi connectivity index (χ3v) is 8.02. The Morgan fingerprint density at radius 2 is 1.79 bits per heavy atom. The summed E-state index contributed by atoms with van der Waals surface area (Å²) in [5.74, 6) is -0.240. The molecule has 5 heteroatoms. The fraction of sp³-hybridized carbons (Fsp3) is 0.297. The van der Waals surface area contributed by atoms with Gasteiger partial charge in [-0.2, -0.15) is 5.26 Å². The fourth-order valence-electron chi connectivity index (χ4n) is 5.79. The zero-order chi connectivity index (χ0) is 29.3. The van der Waals surface area contributed by atoms with Crippen LogP contribution >= 0.6 is 0 Å². The normalized spacial score (nSPS) is 15.3. The maximum Gasteiger partial charge on any atom is 0.347 e. The number of ether oxygens (including phenoxy) is 1. The van der Waals surface area contributed by atoms with Crippen LogP contribution in [0.2, 0.25) is 0 Å². The van der Waals surface area contributed by atoms with Crippen molar-refractivity contribution >= 4 is 29.0 Å². The van der Waals surface area contributed by atoms with Crippen molar-refractivity contribution in [2.24, 2.45) is 0 Å². The topological polar surface area (TPSA) is 73.6 Å². The lowest BCUT2D eigenvalue weighted by Crippen LogP contribution is -2.24. The highest BCUT2D eigenvalue weighted by molar-refractivity contribution is 6.04. The lowest BCUT2D eigenvalue weighted by atomic mass is 9.96. The number of carboxylic acids is 1. The first kappa shape index (κ1) is 29.0. The summed E-state index contributed by atoms with van der Waals surface area (Å²) in [6, 6.07) is 24.6. The Labute approximate surface area is 249 Å². The van der Waals surface area contributed by atoms with Gasteiger partial charge in [-0.05, 0) is 84.9 Å². The number of allylic oxidation sites excluding steroid dienone is 3. The molecular formula is C37H38N2O3. The van der Waals surface area contributed by atoms with E-state index >= 15 is 0 Å². The number of nitrogens with zero attached hydrogens (tertiary/aromatic N) is 2. The minimum Gasteiger partial charge on any atom is -0.477 e. The van der Waals surface area contributed by atoms with Crippen LogP contribution < -0.4 is 9.64 Å². The SMILES string of the molecule is CCCCCCCCc1ccc(N2CCCc3cc(/C=C/C4=CC(=C(\C#N)C(=O)O)/c5ccccc5O4)ccc32)cc1. The van der Waals surface area contributed by atoms with Crippen molar-refractivity contribution in [1.82, 2.24) is 0 Å². The van der Waals surface area contributed by atoms with Gasteiger partial charge in [0.15, 0.2) is 0 Å². The molecule has 0 amide bonds. The standard InChI is InChI=1S/C37H38N2O3/c1-2-3-4-5-6-7-11-27-15-19-30(20-16-27)39-23-10-12-29-24-28(18-22-35(29)39)17-21-31-25-33(34(26-38)37(40)41)32-13-8-9-14-36(32)42-31/h8-9,13-22,24-25H,2-7,10-12,23H2,1H3,(H,40,41)/b21-17+,34-33-. The predicted molar refractivity (Wildman–Crippen MR) is 170 cm³/mol. The average molecular weight is 559 g/mol. The predicted octanol–water partition coefficient (Wildman–Crippen LogP) is 9.03. The molecule has 0 saturated heterocycles. The molecule has 0 unspecified atom stereocenters. The second kappa shape index (κ2) is 13.9. The molecule has 3 aromatic rings. The van der Waals surface area contributed by atoms with Gasteiger partial charge in [-0.1, -0.05) is 81.5 Å². The fourth-order valence-corrected chi connectivity index (χ4v) is 5.79. The van der Waals surface area contributed by atoms with Gasteiger partial charge in [-0.15, -0.1) is 0 Å². The molecule has 0 spiro atoms. The van der Waals surface area contributed by atoms with Crippen LogP contribution in [-0.4, -0.2) is 17.6 Å². The van der Waals surface area contributed by atoms with Crippen LogP contribution in [0.4, 0.5) is 11.4 Å². The van der Waals surface area contributed by atoms with E-state index in [4.69, 9.17) is 4.74 Å². The summed E-state index contributed by atoms with van der Waals surface area (Å²) >= 11 is 0. The number of rotatable bonds is 11. The largest absolute Gasteiger partial charge is 0.477 e. The van der Waals surface area contributed by atoms with Gasteiger partial charge in [0.2, 0.25) is 0 Å². The van der Waals surface area contributed by atoms with E-state index < -0.39 is 5.97 Å². The summed E-state index contributed by atoms with van der Waals surface area (Å²) < 4.78 is 6.03. The number of unbranched alkanes of at least 4 members (excludes halogenated alkanes) is 5. The molecule has 214 valence electrons. The number of anilines is 2. The maximum absolute atomic E-state index is 11.7. The van der Waals surface area contributed by atoms with Crippen LogP contribution in [0.1, 0.15) is 74.1 Å². The molecule has 2 aliphatic heterocycles. The van der Waals surface area contributed by atoms with E-state index in [2.05, 4.69) is 54.3 Å². The number of aryl methyl sites for hydroxylation is 2. The smallest absolute Gasteiger partial charge is 0.347 e. The summed E-state index contributed by atoms with van der Waals surface area (Å²) in [4.78, 5) is 14.1. The van der Waals surface area contributed by atoms with Crippen molar-refractivity contribution in [2.75, 3.05) is 11.4 Å². The lowest BCUT2D eigenvalue weighted by molar-refractivity contribution is -0.132. The minimum atomic E-state index is -1.25. The van der Waals surface area contributed by atoms with Crippen molar-refractivity contribution in [3.63, 3.8) is 0 Å². The van der Waals surface area contributed by atoms with E-state index in [9.17, 15) is 15.2 Å². The van der Waals surface area contributed by atoms with Gasteiger partial charge in [-0.3, -0.25) is 0 Å². The number of para-hydroxylation sites is 1. The quantitative estimate of drug-likeness (QED) is 0.144. The highest BCUT2D eigenvalue weighted by Gasteiger charge is 2.22. The van der Waals surface area contributed by atoms with Crippen molar-refractivity contribution in [1.29, 1.82) is 5.26 Å². The summed E-state index contributed by atoms with van der Waals surface area (Å²) in [6.07, 6.45) is 16.6. The second-order valence-corrected chi connectivity index (χ2v) is 11.0. The molecule has 5 rings (SSSR count).